The van der Waals surface area contributed by atoms with Gasteiger partial charge in [0.2, 0.25) is 0 Å². The van der Waals surface area contributed by atoms with Crippen LogP contribution in [0.3, 0.4) is 0 Å². The monoisotopic (exact) mass is 307 g/mol. The van der Waals surface area contributed by atoms with E-state index in [9.17, 15) is 9.90 Å². The highest BCUT2D eigenvalue weighted by Crippen LogP contribution is 2.32. The zero-order chi connectivity index (χ0) is 15.4. The molecule has 0 fully saturated rings. The van der Waals surface area contributed by atoms with E-state index in [0.717, 1.165) is 22.2 Å². The SMILES string of the molecule is CC(C)N(CCCO)Cc1c(C(=O)O)sc2ccccc12. The Morgan fingerprint density at radius 1 is 1.33 bits per heavy atom. The van der Waals surface area contributed by atoms with Gasteiger partial charge in [-0.1, -0.05) is 18.2 Å². The minimum absolute atomic E-state index is 0.152. The van der Waals surface area contributed by atoms with E-state index in [4.69, 9.17) is 5.11 Å². The molecule has 2 rings (SSSR count). The van der Waals surface area contributed by atoms with Crippen LogP contribution in [0.1, 0.15) is 35.5 Å². The summed E-state index contributed by atoms with van der Waals surface area (Å²) in [5.41, 5.74) is 0.884. The van der Waals surface area contributed by atoms with Crippen LogP contribution in [0.25, 0.3) is 10.1 Å². The van der Waals surface area contributed by atoms with Gasteiger partial charge in [0.15, 0.2) is 0 Å². The van der Waals surface area contributed by atoms with Crippen LogP contribution in [0.15, 0.2) is 24.3 Å². The molecule has 0 saturated heterocycles. The minimum atomic E-state index is -0.864. The molecule has 114 valence electrons. The number of carboxylic acids is 1. The number of rotatable bonds is 7. The second kappa shape index (κ2) is 7.02. The highest BCUT2D eigenvalue weighted by Gasteiger charge is 2.20. The van der Waals surface area contributed by atoms with Crippen molar-refractivity contribution in [3.05, 3.63) is 34.7 Å². The maximum Gasteiger partial charge on any atom is 0.346 e. The van der Waals surface area contributed by atoms with Crippen LogP contribution in [0, 0.1) is 0 Å². The molecule has 0 amide bonds. The molecule has 1 aromatic carbocycles. The van der Waals surface area contributed by atoms with Crippen molar-refractivity contribution in [1.29, 1.82) is 0 Å². The van der Waals surface area contributed by atoms with Crippen LogP contribution in [-0.2, 0) is 6.54 Å². The van der Waals surface area contributed by atoms with Gasteiger partial charge in [0.05, 0.1) is 0 Å². The molecule has 2 N–H and O–H groups in total. The standard InChI is InChI=1S/C16H21NO3S/c1-11(2)17(8-5-9-18)10-13-12-6-3-4-7-14(12)21-15(13)16(19)20/h3-4,6-7,11,18H,5,8-10H2,1-2H3,(H,19,20). The Morgan fingerprint density at radius 3 is 2.67 bits per heavy atom. The molecular formula is C16H21NO3S. The molecule has 4 nitrogen and oxygen atoms in total. The van der Waals surface area contributed by atoms with E-state index in [-0.39, 0.29) is 6.61 Å². The number of benzene rings is 1. The second-order valence-electron chi connectivity index (χ2n) is 5.35. The van der Waals surface area contributed by atoms with Crippen molar-refractivity contribution in [3.8, 4) is 0 Å². The molecule has 0 spiro atoms. The van der Waals surface area contributed by atoms with Gasteiger partial charge in [0.1, 0.15) is 4.88 Å². The van der Waals surface area contributed by atoms with Crippen LogP contribution in [-0.4, -0.2) is 40.3 Å². The second-order valence-corrected chi connectivity index (χ2v) is 6.40. The Balaban J connectivity index is 2.38. The summed E-state index contributed by atoms with van der Waals surface area (Å²) in [6, 6.07) is 8.12. The summed E-state index contributed by atoms with van der Waals surface area (Å²) in [5.74, 6) is -0.864. The summed E-state index contributed by atoms with van der Waals surface area (Å²) in [7, 11) is 0. The maximum absolute atomic E-state index is 11.5. The lowest BCUT2D eigenvalue weighted by atomic mass is 10.1. The highest BCUT2D eigenvalue weighted by molar-refractivity contribution is 7.21. The number of carboxylic acid groups (broad SMARTS) is 1. The van der Waals surface area contributed by atoms with E-state index in [2.05, 4.69) is 18.7 Å². The summed E-state index contributed by atoms with van der Waals surface area (Å²) >= 11 is 1.33. The number of hydrogen-bond donors (Lipinski definition) is 2. The lowest BCUT2D eigenvalue weighted by molar-refractivity contribution is 0.0699. The molecule has 0 aliphatic heterocycles. The van der Waals surface area contributed by atoms with Gasteiger partial charge in [-0.25, -0.2) is 4.79 Å². The zero-order valence-corrected chi connectivity index (χ0v) is 13.2. The molecule has 5 heteroatoms. The third kappa shape index (κ3) is 3.61. The zero-order valence-electron chi connectivity index (χ0n) is 12.4. The topological polar surface area (TPSA) is 60.8 Å². The molecule has 0 radical (unpaired) electrons. The van der Waals surface area contributed by atoms with Crippen molar-refractivity contribution < 1.29 is 15.0 Å². The Labute approximate surface area is 128 Å². The molecule has 2 aromatic rings. The molecule has 1 heterocycles. The normalized spacial score (nSPS) is 11.7. The van der Waals surface area contributed by atoms with Gasteiger partial charge in [-0.15, -0.1) is 11.3 Å². The fourth-order valence-electron chi connectivity index (χ4n) is 2.43. The number of aliphatic hydroxyl groups is 1. The van der Waals surface area contributed by atoms with Crippen LogP contribution in [0.5, 0.6) is 0 Å². The lowest BCUT2D eigenvalue weighted by Gasteiger charge is -2.26. The number of aromatic carboxylic acids is 1. The number of thiophene rings is 1. The van der Waals surface area contributed by atoms with E-state index in [0.29, 0.717) is 23.9 Å². The van der Waals surface area contributed by atoms with Crippen LogP contribution >= 0.6 is 11.3 Å². The molecule has 0 atom stereocenters. The van der Waals surface area contributed by atoms with Gasteiger partial charge >= 0.3 is 5.97 Å². The predicted molar refractivity (Wildman–Crippen MR) is 86.0 cm³/mol. The largest absolute Gasteiger partial charge is 0.477 e. The molecule has 21 heavy (non-hydrogen) atoms. The summed E-state index contributed by atoms with van der Waals surface area (Å²) in [4.78, 5) is 14.1. The van der Waals surface area contributed by atoms with Crippen LogP contribution in [0.4, 0.5) is 0 Å². The summed E-state index contributed by atoms with van der Waals surface area (Å²) in [5, 5.41) is 19.5. The van der Waals surface area contributed by atoms with Crippen molar-refractivity contribution in [1.82, 2.24) is 4.90 Å². The summed E-state index contributed by atoms with van der Waals surface area (Å²) in [6.45, 7) is 5.69. The average Bonchev–Trinajstić information content (AvgIpc) is 2.82. The fraction of sp³-hybridized carbons (Fsp3) is 0.438. The van der Waals surface area contributed by atoms with Gasteiger partial charge in [-0.3, -0.25) is 4.90 Å². The van der Waals surface area contributed by atoms with Gasteiger partial charge in [0, 0.05) is 30.4 Å². The molecule has 0 unspecified atom stereocenters. The van der Waals surface area contributed by atoms with E-state index in [1.807, 2.05) is 24.3 Å². The first-order valence-corrected chi connectivity index (χ1v) is 7.94. The molecular weight excluding hydrogens is 286 g/mol. The Kier molecular flexibility index (Phi) is 5.33. The van der Waals surface area contributed by atoms with Crippen molar-refractivity contribution in [2.75, 3.05) is 13.2 Å². The molecule has 0 aliphatic rings. The van der Waals surface area contributed by atoms with Gasteiger partial charge in [-0.2, -0.15) is 0 Å². The first-order valence-electron chi connectivity index (χ1n) is 7.13. The van der Waals surface area contributed by atoms with Crippen molar-refractivity contribution >= 4 is 27.4 Å². The number of hydrogen-bond acceptors (Lipinski definition) is 4. The number of fused-ring (bicyclic) bond motifs is 1. The van der Waals surface area contributed by atoms with E-state index in [1.54, 1.807) is 0 Å². The Morgan fingerprint density at radius 2 is 2.05 bits per heavy atom. The van der Waals surface area contributed by atoms with Crippen LogP contribution in [0.2, 0.25) is 0 Å². The van der Waals surface area contributed by atoms with Gasteiger partial charge in [-0.05, 0) is 37.3 Å². The first-order chi connectivity index (χ1) is 10.0. The van der Waals surface area contributed by atoms with Crippen LogP contribution < -0.4 is 0 Å². The molecule has 0 saturated carbocycles. The summed E-state index contributed by atoms with van der Waals surface area (Å²) in [6.07, 6.45) is 0.697. The van der Waals surface area contributed by atoms with E-state index >= 15 is 0 Å². The first kappa shape index (κ1) is 15.9. The third-order valence-electron chi connectivity index (χ3n) is 3.59. The van der Waals surface area contributed by atoms with Crippen molar-refractivity contribution in [2.24, 2.45) is 0 Å². The molecule has 0 bridgehead atoms. The van der Waals surface area contributed by atoms with E-state index < -0.39 is 5.97 Å². The van der Waals surface area contributed by atoms with Crippen molar-refractivity contribution in [2.45, 2.75) is 32.9 Å². The fourth-order valence-corrected chi connectivity index (χ4v) is 3.48. The molecule has 0 aliphatic carbocycles. The summed E-state index contributed by atoms with van der Waals surface area (Å²) < 4.78 is 1.01. The van der Waals surface area contributed by atoms with Gasteiger partial charge in [0.25, 0.3) is 0 Å². The average molecular weight is 307 g/mol. The number of nitrogens with zero attached hydrogens (tertiary/aromatic N) is 1. The lowest BCUT2D eigenvalue weighted by Crippen LogP contribution is -2.32. The third-order valence-corrected chi connectivity index (χ3v) is 4.79. The van der Waals surface area contributed by atoms with E-state index in [1.165, 1.54) is 11.3 Å². The van der Waals surface area contributed by atoms with Gasteiger partial charge < -0.3 is 10.2 Å². The molecule has 1 aromatic heterocycles. The Bertz CT molecular complexity index is 621. The number of carbonyl (C=O) groups is 1. The predicted octanol–water partition coefficient (Wildman–Crippen LogP) is 3.19. The smallest absolute Gasteiger partial charge is 0.346 e. The van der Waals surface area contributed by atoms with Crippen molar-refractivity contribution in [3.63, 3.8) is 0 Å². The number of aliphatic hydroxyl groups excluding tert-OH is 1. The quantitative estimate of drug-likeness (QED) is 0.824. The Hall–Kier alpha value is -1.43. The highest BCUT2D eigenvalue weighted by atomic mass is 32.1. The maximum atomic E-state index is 11.5. The minimum Gasteiger partial charge on any atom is -0.477 e.